The summed E-state index contributed by atoms with van der Waals surface area (Å²) in [6.45, 7) is -2.48. The molecule has 2 N–H and O–H groups in total. The highest BCUT2D eigenvalue weighted by Crippen LogP contribution is 2.19. The van der Waals surface area contributed by atoms with Crippen LogP contribution >= 0.6 is 0 Å². The molecule has 5 nitrogen and oxygen atoms in total. The second-order valence-electron chi connectivity index (χ2n) is 6.39. The highest BCUT2D eigenvalue weighted by atomic mass is 19.3. The van der Waals surface area contributed by atoms with Crippen molar-refractivity contribution in [1.82, 2.24) is 5.32 Å². The van der Waals surface area contributed by atoms with Gasteiger partial charge in [0.2, 0.25) is 0 Å². The van der Waals surface area contributed by atoms with Gasteiger partial charge >= 0.3 is 6.61 Å². The lowest BCUT2D eigenvalue weighted by Crippen LogP contribution is -2.27. The zero-order valence-electron chi connectivity index (χ0n) is 16.0. The van der Waals surface area contributed by atoms with Crippen LogP contribution in [0.4, 0.5) is 14.5 Å². The monoisotopic (exact) mass is 410 g/mol. The molecule has 0 saturated heterocycles. The van der Waals surface area contributed by atoms with Crippen LogP contribution in [0.25, 0.3) is 0 Å². The van der Waals surface area contributed by atoms with Gasteiger partial charge in [0.25, 0.3) is 11.8 Å². The number of rotatable bonds is 8. The number of halogens is 2. The molecule has 7 heteroatoms. The molecule has 0 saturated carbocycles. The summed E-state index contributed by atoms with van der Waals surface area (Å²) in [6, 6.07) is 21.7. The number of alkyl halides is 2. The molecule has 30 heavy (non-hydrogen) atoms. The zero-order valence-corrected chi connectivity index (χ0v) is 16.0. The average molecular weight is 410 g/mol. The molecule has 0 spiro atoms. The van der Waals surface area contributed by atoms with Gasteiger partial charge in [0.1, 0.15) is 5.75 Å². The molecule has 2 amide bonds. The van der Waals surface area contributed by atoms with Gasteiger partial charge in [0.15, 0.2) is 0 Å². The minimum absolute atomic E-state index is 0.0419. The summed E-state index contributed by atoms with van der Waals surface area (Å²) >= 11 is 0. The fraction of sp³-hybridized carbons (Fsp3) is 0.130. The molecule has 0 unspecified atom stereocenters. The Hall–Kier alpha value is -3.74. The first-order valence-electron chi connectivity index (χ1n) is 9.30. The summed E-state index contributed by atoms with van der Waals surface area (Å²) in [5, 5.41) is 5.54. The predicted octanol–water partition coefficient (Wildman–Crippen LogP) is 4.51. The summed E-state index contributed by atoms with van der Waals surface area (Å²) in [6.07, 6.45) is 0.689. The van der Waals surface area contributed by atoms with E-state index < -0.39 is 12.5 Å². The normalized spacial score (nSPS) is 10.5. The number of carbonyl (C=O) groups is 2. The van der Waals surface area contributed by atoms with E-state index in [0.29, 0.717) is 24.2 Å². The Morgan fingerprint density at radius 2 is 1.50 bits per heavy atom. The Balaban J connectivity index is 1.62. The third kappa shape index (κ3) is 5.88. The minimum Gasteiger partial charge on any atom is -0.435 e. The van der Waals surface area contributed by atoms with Crippen molar-refractivity contribution in [3.05, 3.63) is 95.6 Å². The molecule has 0 bridgehead atoms. The van der Waals surface area contributed by atoms with E-state index in [-0.39, 0.29) is 17.2 Å². The lowest BCUT2D eigenvalue weighted by molar-refractivity contribution is -0.0498. The maximum atomic E-state index is 12.6. The highest BCUT2D eigenvalue weighted by Gasteiger charge is 2.14. The number of hydrogen-bond donors (Lipinski definition) is 2. The van der Waals surface area contributed by atoms with Gasteiger partial charge in [-0.05, 0) is 48.4 Å². The van der Waals surface area contributed by atoms with Crippen molar-refractivity contribution in [2.45, 2.75) is 13.0 Å². The molecule has 3 aromatic rings. The van der Waals surface area contributed by atoms with Gasteiger partial charge in [-0.3, -0.25) is 9.59 Å². The number of para-hydroxylation sites is 1. The number of nitrogens with one attached hydrogen (secondary N) is 2. The van der Waals surface area contributed by atoms with Crippen molar-refractivity contribution < 1.29 is 23.1 Å². The third-order valence-electron chi connectivity index (χ3n) is 4.30. The SMILES string of the molecule is O=C(Nc1ccccc1C(=O)NCCc1ccccc1)c1ccc(OC(F)F)cc1. The molecule has 0 fully saturated rings. The number of anilines is 1. The summed E-state index contributed by atoms with van der Waals surface area (Å²) in [7, 11) is 0. The van der Waals surface area contributed by atoms with Crippen LogP contribution in [0.15, 0.2) is 78.9 Å². The molecular formula is C23H20F2N2O3. The van der Waals surface area contributed by atoms with Crippen molar-refractivity contribution in [3.63, 3.8) is 0 Å². The molecule has 0 heterocycles. The van der Waals surface area contributed by atoms with Crippen LogP contribution in [0.3, 0.4) is 0 Å². The van der Waals surface area contributed by atoms with Crippen LogP contribution in [-0.4, -0.2) is 25.0 Å². The van der Waals surface area contributed by atoms with E-state index in [1.807, 2.05) is 30.3 Å². The maximum Gasteiger partial charge on any atom is 0.387 e. The summed E-state index contributed by atoms with van der Waals surface area (Å²) < 4.78 is 28.7. The molecule has 0 aromatic heterocycles. The highest BCUT2D eigenvalue weighted by molar-refractivity contribution is 6.09. The smallest absolute Gasteiger partial charge is 0.387 e. The lowest BCUT2D eigenvalue weighted by Gasteiger charge is -2.12. The van der Waals surface area contributed by atoms with Gasteiger partial charge < -0.3 is 15.4 Å². The van der Waals surface area contributed by atoms with E-state index in [2.05, 4.69) is 15.4 Å². The van der Waals surface area contributed by atoms with E-state index in [9.17, 15) is 18.4 Å². The van der Waals surface area contributed by atoms with Crippen molar-refractivity contribution in [2.24, 2.45) is 0 Å². The Kier molecular flexibility index (Phi) is 7.10. The summed E-state index contributed by atoms with van der Waals surface area (Å²) in [5.74, 6) is -0.814. The second kappa shape index (κ2) is 10.2. The predicted molar refractivity (Wildman–Crippen MR) is 110 cm³/mol. The van der Waals surface area contributed by atoms with Crippen LogP contribution in [0.5, 0.6) is 5.75 Å². The number of hydrogen-bond acceptors (Lipinski definition) is 3. The quantitative estimate of drug-likeness (QED) is 0.574. The molecule has 0 aliphatic rings. The molecule has 0 atom stereocenters. The van der Waals surface area contributed by atoms with Crippen molar-refractivity contribution >= 4 is 17.5 Å². The van der Waals surface area contributed by atoms with Crippen LogP contribution in [0.1, 0.15) is 26.3 Å². The van der Waals surface area contributed by atoms with E-state index in [1.165, 1.54) is 24.3 Å². The molecule has 0 aliphatic heterocycles. The minimum atomic E-state index is -2.93. The van der Waals surface area contributed by atoms with Crippen LogP contribution in [-0.2, 0) is 6.42 Å². The molecule has 154 valence electrons. The van der Waals surface area contributed by atoms with E-state index in [4.69, 9.17) is 0 Å². The molecular weight excluding hydrogens is 390 g/mol. The topological polar surface area (TPSA) is 67.4 Å². The van der Waals surface area contributed by atoms with Crippen molar-refractivity contribution in [1.29, 1.82) is 0 Å². The first kappa shape index (κ1) is 21.0. The van der Waals surface area contributed by atoms with Gasteiger partial charge in [-0.1, -0.05) is 42.5 Å². The number of amides is 2. The fourth-order valence-corrected chi connectivity index (χ4v) is 2.83. The largest absolute Gasteiger partial charge is 0.435 e. The van der Waals surface area contributed by atoms with Crippen LogP contribution < -0.4 is 15.4 Å². The van der Waals surface area contributed by atoms with Crippen LogP contribution in [0, 0.1) is 0 Å². The molecule has 3 aromatic carbocycles. The van der Waals surface area contributed by atoms with E-state index in [0.717, 1.165) is 5.56 Å². The molecule has 0 aliphatic carbocycles. The lowest BCUT2D eigenvalue weighted by atomic mass is 10.1. The second-order valence-corrected chi connectivity index (χ2v) is 6.39. The van der Waals surface area contributed by atoms with Crippen molar-refractivity contribution in [2.75, 3.05) is 11.9 Å². The molecule has 3 rings (SSSR count). The Morgan fingerprint density at radius 3 is 2.20 bits per heavy atom. The first-order valence-corrected chi connectivity index (χ1v) is 9.30. The Bertz CT molecular complexity index is 993. The zero-order chi connectivity index (χ0) is 21.3. The van der Waals surface area contributed by atoms with Gasteiger partial charge in [-0.25, -0.2) is 0 Å². The molecule has 0 radical (unpaired) electrons. The number of carbonyl (C=O) groups excluding carboxylic acids is 2. The van der Waals surface area contributed by atoms with Gasteiger partial charge in [-0.2, -0.15) is 8.78 Å². The first-order chi connectivity index (χ1) is 14.5. The standard InChI is InChI=1S/C23H20F2N2O3/c24-23(25)30-18-12-10-17(11-13-18)21(28)27-20-9-5-4-8-19(20)22(29)26-15-14-16-6-2-1-3-7-16/h1-13,23H,14-15H2,(H,26,29)(H,27,28). The summed E-state index contributed by atoms with van der Waals surface area (Å²) in [4.78, 5) is 25.1. The number of ether oxygens (including phenoxy) is 1. The number of benzene rings is 3. The maximum absolute atomic E-state index is 12.6. The van der Waals surface area contributed by atoms with Gasteiger partial charge in [-0.15, -0.1) is 0 Å². The van der Waals surface area contributed by atoms with E-state index in [1.54, 1.807) is 24.3 Å². The van der Waals surface area contributed by atoms with Crippen LogP contribution in [0.2, 0.25) is 0 Å². The average Bonchev–Trinajstić information content (AvgIpc) is 2.75. The third-order valence-corrected chi connectivity index (χ3v) is 4.30. The Morgan fingerprint density at radius 1 is 0.833 bits per heavy atom. The van der Waals surface area contributed by atoms with Gasteiger partial charge in [0, 0.05) is 12.1 Å². The fourth-order valence-electron chi connectivity index (χ4n) is 2.83. The van der Waals surface area contributed by atoms with E-state index >= 15 is 0 Å². The summed E-state index contributed by atoms with van der Waals surface area (Å²) in [5.41, 5.74) is 2.04. The van der Waals surface area contributed by atoms with Crippen molar-refractivity contribution in [3.8, 4) is 5.75 Å². The Labute approximate surface area is 172 Å². The van der Waals surface area contributed by atoms with Gasteiger partial charge in [0.05, 0.1) is 11.3 Å².